The predicted octanol–water partition coefficient (Wildman–Crippen LogP) is 0.987. The molecule has 13 heavy (non-hydrogen) atoms. The quantitative estimate of drug-likeness (QED) is 0.730. The second-order valence-corrected chi connectivity index (χ2v) is 3.37. The molecule has 0 aromatic heterocycles. The van der Waals surface area contributed by atoms with Gasteiger partial charge in [-0.1, -0.05) is 12.1 Å². The first-order valence-electron chi connectivity index (χ1n) is 4.21. The Hall–Kier alpha value is -1.06. The summed E-state index contributed by atoms with van der Waals surface area (Å²) in [7, 11) is 3.79. The highest BCUT2D eigenvalue weighted by molar-refractivity contribution is 5.28. The molecule has 72 valence electrons. The largest absolute Gasteiger partial charge is 0.508 e. The fraction of sp³-hybridized carbons (Fsp3) is 0.400. The zero-order valence-corrected chi connectivity index (χ0v) is 7.94. The molecule has 0 aliphatic rings. The molecule has 1 atom stereocenters. The molecule has 0 amide bonds. The molecule has 0 unspecified atom stereocenters. The van der Waals surface area contributed by atoms with Crippen LogP contribution in [0.3, 0.4) is 0 Å². The number of hydrogen-bond donors (Lipinski definition) is 2. The van der Waals surface area contributed by atoms with Gasteiger partial charge in [0, 0.05) is 6.54 Å². The molecular formula is C10H15NO2. The van der Waals surface area contributed by atoms with Gasteiger partial charge in [-0.15, -0.1) is 0 Å². The van der Waals surface area contributed by atoms with Crippen LogP contribution in [0.1, 0.15) is 11.7 Å². The second kappa shape index (κ2) is 4.25. The highest BCUT2D eigenvalue weighted by atomic mass is 16.3. The number of phenols is 1. The van der Waals surface area contributed by atoms with Crippen LogP contribution in [-0.4, -0.2) is 35.8 Å². The van der Waals surface area contributed by atoms with Gasteiger partial charge in [-0.2, -0.15) is 0 Å². The summed E-state index contributed by atoms with van der Waals surface area (Å²) in [4.78, 5) is 1.90. The lowest BCUT2D eigenvalue weighted by molar-refractivity contribution is 0.138. The van der Waals surface area contributed by atoms with Gasteiger partial charge in [0.15, 0.2) is 0 Å². The minimum atomic E-state index is -0.540. The molecule has 0 fully saturated rings. The van der Waals surface area contributed by atoms with Crippen LogP contribution in [0.2, 0.25) is 0 Å². The van der Waals surface area contributed by atoms with Crippen LogP contribution in [-0.2, 0) is 0 Å². The van der Waals surface area contributed by atoms with Gasteiger partial charge in [0.05, 0.1) is 6.10 Å². The Kier molecular flexibility index (Phi) is 3.28. The first kappa shape index (κ1) is 10.0. The fourth-order valence-corrected chi connectivity index (χ4v) is 1.18. The summed E-state index contributed by atoms with van der Waals surface area (Å²) in [6.45, 7) is 0.559. The van der Waals surface area contributed by atoms with E-state index in [9.17, 15) is 10.2 Å². The van der Waals surface area contributed by atoms with Gasteiger partial charge in [0.2, 0.25) is 0 Å². The standard InChI is InChI=1S/C10H15NO2/c1-11(2)7-10(13)8-4-3-5-9(12)6-8/h3-6,10,12-13H,7H2,1-2H3/t10-/m1/s1. The van der Waals surface area contributed by atoms with Gasteiger partial charge < -0.3 is 15.1 Å². The first-order chi connectivity index (χ1) is 6.09. The molecule has 1 aromatic carbocycles. The molecule has 0 saturated heterocycles. The molecular weight excluding hydrogens is 166 g/mol. The number of phenolic OH excluding ortho intramolecular Hbond substituents is 1. The van der Waals surface area contributed by atoms with E-state index in [2.05, 4.69) is 0 Å². The molecule has 0 aliphatic carbocycles. The maximum absolute atomic E-state index is 9.66. The number of aliphatic hydroxyl groups excluding tert-OH is 1. The highest BCUT2D eigenvalue weighted by Gasteiger charge is 2.08. The van der Waals surface area contributed by atoms with Crippen LogP contribution >= 0.6 is 0 Å². The van der Waals surface area contributed by atoms with Gasteiger partial charge >= 0.3 is 0 Å². The monoisotopic (exact) mass is 181 g/mol. The first-order valence-corrected chi connectivity index (χ1v) is 4.21. The Labute approximate surface area is 78.2 Å². The third-order valence-corrected chi connectivity index (χ3v) is 1.79. The molecule has 0 radical (unpaired) electrons. The summed E-state index contributed by atoms with van der Waals surface area (Å²) in [6.07, 6.45) is -0.540. The van der Waals surface area contributed by atoms with Gasteiger partial charge in [0.1, 0.15) is 5.75 Å². The average molecular weight is 181 g/mol. The van der Waals surface area contributed by atoms with E-state index in [4.69, 9.17) is 0 Å². The lowest BCUT2D eigenvalue weighted by Crippen LogP contribution is -2.19. The van der Waals surface area contributed by atoms with Crippen molar-refractivity contribution in [2.24, 2.45) is 0 Å². The summed E-state index contributed by atoms with van der Waals surface area (Å²) < 4.78 is 0. The number of likely N-dealkylation sites (N-methyl/N-ethyl adjacent to an activating group) is 1. The SMILES string of the molecule is CN(C)C[C@@H](O)c1cccc(O)c1. The molecule has 2 N–H and O–H groups in total. The molecule has 0 aliphatic heterocycles. The van der Waals surface area contributed by atoms with E-state index in [0.29, 0.717) is 6.54 Å². The van der Waals surface area contributed by atoms with Crippen LogP contribution in [0.4, 0.5) is 0 Å². The fourth-order valence-electron chi connectivity index (χ4n) is 1.18. The molecule has 0 heterocycles. The Bertz CT molecular complexity index is 273. The van der Waals surface area contributed by atoms with Crippen molar-refractivity contribution in [2.75, 3.05) is 20.6 Å². The van der Waals surface area contributed by atoms with E-state index < -0.39 is 6.10 Å². The highest BCUT2D eigenvalue weighted by Crippen LogP contribution is 2.18. The predicted molar refractivity (Wildman–Crippen MR) is 51.6 cm³/mol. The zero-order valence-electron chi connectivity index (χ0n) is 7.94. The number of benzene rings is 1. The molecule has 1 rings (SSSR count). The normalized spacial score (nSPS) is 13.2. The summed E-state index contributed by atoms with van der Waals surface area (Å²) in [5.74, 6) is 0.190. The minimum Gasteiger partial charge on any atom is -0.508 e. The number of hydrogen-bond acceptors (Lipinski definition) is 3. The summed E-state index contributed by atoms with van der Waals surface area (Å²) in [5.41, 5.74) is 0.744. The van der Waals surface area contributed by atoms with Crippen LogP contribution in [0, 0.1) is 0 Å². The van der Waals surface area contributed by atoms with E-state index in [1.807, 2.05) is 19.0 Å². The maximum atomic E-state index is 9.66. The van der Waals surface area contributed by atoms with E-state index in [1.165, 1.54) is 0 Å². The van der Waals surface area contributed by atoms with E-state index in [1.54, 1.807) is 24.3 Å². The van der Waals surface area contributed by atoms with Gasteiger partial charge in [-0.25, -0.2) is 0 Å². The van der Waals surface area contributed by atoms with Crippen molar-refractivity contribution in [3.05, 3.63) is 29.8 Å². The lowest BCUT2D eigenvalue weighted by atomic mass is 10.1. The Balaban J connectivity index is 2.71. The number of aliphatic hydroxyl groups is 1. The minimum absolute atomic E-state index is 0.190. The van der Waals surface area contributed by atoms with E-state index in [-0.39, 0.29) is 5.75 Å². The Morgan fingerprint density at radius 2 is 2.08 bits per heavy atom. The Morgan fingerprint density at radius 1 is 1.38 bits per heavy atom. The van der Waals surface area contributed by atoms with Crippen molar-refractivity contribution in [2.45, 2.75) is 6.10 Å². The topological polar surface area (TPSA) is 43.7 Å². The third kappa shape index (κ3) is 3.05. The van der Waals surface area contributed by atoms with Crippen molar-refractivity contribution in [3.8, 4) is 5.75 Å². The van der Waals surface area contributed by atoms with E-state index >= 15 is 0 Å². The number of rotatable bonds is 3. The zero-order chi connectivity index (χ0) is 9.84. The van der Waals surface area contributed by atoms with E-state index in [0.717, 1.165) is 5.56 Å². The molecule has 1 aromatic rings. The molecule has 0 spiro atoms. The van der Waals surface area contributed by atoms with Crippen LogP contribution in [0.5, 0.6) is 5.75 Å². The smallest absolute Gasteiger partial charge is 0.115 e. The summed E-state index contributed by atoms with van der Waals surface area (Å²) >= 11 is 0. The second-order valence-electron chi connectivity index (χ2n) is 3.37. The van der Waals surface area contributed by atoms with Crippen molar-refractivity contribution >= 4 is 0 Å². The van der Waals surface area contributed by atoms with Gasteiger partial charge in [-0.3, -0.25) is 0 Å². The van der Waals surface area contributed by atoms with Crippen molar-refractivity contribution in [1.29, 1.82) is 0 Å². The maximum Gasteiger partial charge on any atom is 0.115 e. The number of aromatic hydroxyl groups is 1. The summed E-state index contributed by atoms with van der Waals surface area (Å²) in [5, 5.41) is 18.8. The molecule has 0 bridgehead atoms. The molecule has 3 nitrogen and oxygen atoms in total. The van der Waals surface area contributed by atoms with Gasteiger partial charge in [0.25, 0.3) is 0 Å². The van der Waals surface area contributed by atoms with Gasteiger partial charge in [-0.05, 0) is 31.8 Å². The number of nitrogens with zero attached hydrogens (tertiary/aromatic N) is 1. The van der Waals surface area contributed by atoms with Crippen molar-refractivity contribution < 1.29 is 10.2 Å². The summed E-state index contributed by atoms with van der Waals surface area (Å²) in [6, 6.07) is 6.69. The van der Waals surface area contributed by atoms with Crippen LogP contribution in [0.15, 0.2) is 24.3 Å². The lowest BCUT2D eigenvalue weighted by Gasteiger charge is -2.16. The molecule has 0 saturated carbocycles. The third-order valence-electron chi connectivity index (χ3n) is 1.79. The average Bonchev–Trinajstić information content (AvgIpc) is 2.03. The molecule has 3 heteroatoms. The van der Waals surface area contributed by atoms with Crippen molar-refractivity contribution in [3.63, 3.8) is 0 Å². The van der Waals surface area contributed by atoms with Crippen LogP contribution in [0.25, 0.3) is 0 Å². The van der Waals surface area contributed by atoms with Crippen LogP contribution < -0.4 is 0 Å². The van der Waals surface area contributed by atoms with Crippen molar-refractivity contribution in [1.82, 2.24) is 4.90 Å². The Morgan fingerprint density at radius 3 is 2.62 bits per heavy atom.